The molecule has 5 nitrogen and oxygen atoms in total. The van der Waals surface area contributed by atoms with Crippen molar-refractivity contribution in [3.63, 3.8) is 0 Å². The van der Waals surface area contributed by atoms with Gasteiger partial charge in [0.15, 0.2) is 0 Å². The molecule has 2 fully saturated rings. The molecule has 0 unspecified atom stereocenters. The predicted molar refractivity (Wildman–Crippen MR) is 93.5 cm³/mol. The third kappa shape index (κ3) is 4.08. The zero-order chi connectivity index (χ0) is 16.9. The van der Waals surface area contributed by atoms with Crippen molar-refractivity contribution >= 4 is 11.9 Å². The minimum absolute atomic E-state index is 0.138. The summed E-state index contributed by atoms with van der Waals surface area (Å²) in [5.74, 6) is 0.923. The van der Waals surface area contributed by atoms with Crippen molar-refractivity contribution in [1.29, 1.82) is 0 Å². The lowest BCUT2D eigenvalue weighted by Gasteiger charge is -2.33. The van der Waals surface area contributed by atoms with Crippen LogP contribution in [-0.4, -0.2) is 36.0 Å². The van der Waals surface area contributed by atoms with Gasteiger partial charge in [-0.05, 0) is 50.0 Å². The molecule has 5 heteroatoms. The Hall–Kier alpha value is -2.04. The van der Waals surface area contributed by atoms with E-state index < -0.39 is 0 Å². The molecule has 1 aromatic carbocycles. The predicted octanol–water partition coefficient (Wildman–Crippen LogP) is 2.62. The molecule has 1 aliphatic heterocycles. The van der Waals surface area contributed by atoms with E-state index in [1.54, 1.807) is 4.90 Å². The molecule has 0 atom stereocenters. The van der Waals surface area contributed by atoms with Crippen molar-refractivity contribution in [3.05, 3.63) is 35.9 Å². The van der Waals surface area contributed by atoms with Crippen LogP contribution >= 0.6 is 0 Å². The summed E-state index contributed by atoms with van der Waals surface area (Å²) in [4.78, 5) is 25.3. The van der Waals surface area contributed by atoms with Crippen molar-refractivity contribution < 1.29 is 9.59 Å². The van der Waals surface area contributed by atoms with Gasteiger partial charge in [-0.25, -0.2) is 4.79 Å². The fourth-order valence-electron chi connectivity index (χ4n) is 3.98. The number of nitrogens with two attached hydrogens (primary N) is 1. The standard InChI is InChI=1S/C19H27N3O2/c20-19(24)22-12-10-17(11-13-22)21-18(23)16-8-6-15(7-9-16)14-4-2-1-3-5-14/h1-5,15-17H,6-13H2,(H2,20,24)(H,21,23). The van der Waals surface area contributed by atoms with Crippen LogP contribution in [0.1, 0.15) is 50.0 Å². The topological polar surface area (TPSA) is 75.4 Å². The Labute approximate surface area is 143 Å². The van der Waals surface area contributed by atoms with Crippen molar-refractivity contribution in [3.8, 4) is 0 Å². The highest BCUT2D eigenvalue weighted by Crippen LogP contribution is 2.35. The molecule has 0 radical (unpaired) electrons. The fraction of sp³-hybridized carbons (Fsp3) is 0.579. The second-order valence-electron chi connectivity index (χ2n) is 7.07. The first kappa shape index (κ1) is 16.8. The van der Waals surface area contributed by atoms with Crippen LogP contribution in [0.15, 0.2) is 30.3 Å². The van der Waals surface area contributed by atoms with E-state index in [0.717, 1.165) is 38.5 Å². The Kier molecular flexibility index (Phi) is 5.38. The number of carbonyl (C=O) groups excluding carboxylic acids is 2. The number of amides is 3. The number of urea groups is 1. The summed E-state index contributed by atoms with van der Waals surface area (Å²) < 4.78 is 0. The largest absolute Gasteiger partial charge is 0.353 e. The number of carbonyl (C=O) groups is 2. The van der Waals surface area contributed by atoms with Gasteiger partial charge in [0.05, 0.1) is 0 Å². The summed E-state index contributed by atoms with van der Waals surface area (Å²) in [5.41, 5.74) is 6.69. The lowest BCUT2D eigenvalue weighted by atomic mass is 9.78. The first-order chi connectivity index (χ1) is 11.6. The highest BCUT2D eigenvalue weighted by molar-refractivity contribution is 5.79. The number of nitrogens with one attached hydrogen (secondary N) is 1. The molecule has 3 N–H and O–H groups in total. The third-order valence-corrected chi connectivity index (χ3v) is 5.52. The molecule has 1 aromatic rings. The number of primary amides is 1. The van der Waals surface area contributed by atoms with E-state index in [9.17, 15) is 9.59 Å². The minimum atomic E-state index is -0.362. The molecule has 3 amide bonds. The van der Waals surface area contributed by atoms with E-state index in [0.29, 0.717) is 19.0 Å². The van der Waals surface area contributed by atoms with Gasteiger partial charge in [-0.3, -0.25) is 4.79 Å². The van der Waals surface area contributed by atoms with Gasteiger partial charge < -0.3 is 16.0 Å². The lowest BCUT2D eigenvalue weighted by molar-refractivity contribution is -0.127. The Morgan fingerprint density at radius 1 is 0.958 bits per heavy atom. The van der Waals surface area contributed by atoms with Crippen LogP contribution in [0.25, 0.3) is 0 Å². The van der Waals surface area contributed by atoms with Crippen molar-refractivity contribution in [1.82, 2.24) is 10.2 Å². The molecular formula is C19H27N3O2. The Morgan fingerprint density at radius 3 is 2.17 bits per heavy atom. The van der Waals surface area contributed by atoms with Crippen LogP contribution in [0.2, 0.25) is 0 Å². The quantitative estimate of drug-likeness (QED) is 0.894. The molecule has 0 aromatic heterocycles. The van der Waals surface area contributed by atoms with Gasteiger partial charge in [-0.1, -0.05) is 30.3 Å². The highest BCUT2D eigenvalue weighted by atomic mass is 16.2. The van der Waals surface area contributed by atoms with Crippen LogP contribution in [0.4, 0.5) is 4.79 Å². The van der Waals surface area contributed by atoms with Crippen LogP contribution < -0.4 is 11.1 Å². The molecule has 130 valence electrons. The first-order valence-electron chi connectivity index (χ1n) is 9.03. The van der Waals surface area contributed by atoms with Gasteiger partial charge in [0, 0.05) is 25.0 Å². The van der Waals surface area contributed by atoms with Gasteiger partial charge in [0.25, 0.3) is 0 Å². The number of benzene rings is 1. The van der Waals surface area contributed by atoms with E-state index in [4.69, 9.17) is 5.73 Å². The fourth-order valence-corrected chi connectivity index (χ4v) is 3.98. The Bertz CT molecular complexity index is 559. The van der Waals surface area contributed by atoms with E-state index in [2.05, 4.69) is 29.6 Å². The van der Waals surface area contributed by atoms with E-state index in [-0.39, 0.29) is 23.9 Å². The molecule has 24 heavy (non-hydrogen) atoms. The monoisotopic (exact) mass is 329 g/mol. The van der Waals surface area contributed by atoms with E-state index >= 15 is 0 Å². The number of nitrogens with zero attached hydrogens (tertiary/aromatic N) is 1. The van der Waals surface area contributed by atoms with Crippen LogP contribution in [0, 0.1) is 5.92 Å². The van der Waals surface area contributed by atoms with Crippen LogP contribution in [0.5, 0.6) is 0 Å². The molecule has 3 rings (SSSR count). The molecule has 0 spiro atoms. The maximum atomic E-state index is 12.5. The summed E-state index contributed by atoms with van der Waals surface area (Å²) in [5, 5.41) is 3.18. The van der Waals surface area contributed by atoms with E-state index in [1.807, 2.05) is 6.07 Å². The summed E-state index contributed by atoms with van der Waals surface area (Å²) in [6.07, 6.45) is 5.70. The Morgan fingerprint density at radius 2 is 1.58 bits per heavy atom. The second-order valence-corrected chi connectivity index (χ2v) is 7.07. The average Bonchev–Trinajstić information content (AvgIpc) is 2.63. The third-order valence-electron chi connectivity index (χ3n) is 5.52. The zero-order valence-electron chi connectivity index (χ0n) is 14.1. The van der Waals surface area contributed by atoms with Crippen molar-refractivity contribution in [2.45, 2.75) is 50.5 Å². The highest BCUT2D eigenvalue weighted by Gasteiger charge is 2.29. The summed E-state index contributed by atoms with van der Waals surface area (Å²) >= 11 is 0. The van der Waals surface area contributed by atoms with Gasteiger partial charge in [0.2, 0.25) is 5.91 Å². The number of rotatable bonds is 3. The lowest BCUT2D eigenvalue weighted by Crippen LogP contribution is -2.49. The van der Waals surface area contributed by atoms with Gasteiger partial charge >= 0.3 is 6.03 Å². The SMILES string of the molecule is NC(=O)N1CCC(NC(=O)C2CCC(c3ccccc3)CC2)CC1. The van der Waals surface area contributed by atoms with Gasteiger partial charge in [-0.2, -0.15) is 0 Å². The Balaban J connectivity index is 1.43. The summed E-state index contributed by atoms with van der Waals surface area (Å²) in [6.45, 7) is 1.28. The molecule has 1 heterocycles. The summed E-state index contributed by atoms with van der Waals surface area (Å²) in [6, 6.07) is 10.4. The molecule has 1 saturated carbocycles. The van der Waals surface area contributed by atoms with Crippen LogP contribution in [-0.2, 0) is 4.79 Å². The molecule has 2 aliphatic rings. The molecular weight excluding hydrogens is 302 g/mol. The number of likely N-dealkylation sites (tertiary alicyclic amines) is 1. The maximum absolute atomic E-state index is 12.5. The number of piperidine rings is 1. The number of hydrogen-bond donors (Lipinski definition) is 2. The molecule has 1 saturated heterocycles. The first-order valence-corrected chi connectivity index (χ1v) is 9.03. The van der Waals surface area contributed by atoms with E-state index in [1.165, 1.54) is 5.56 Å². The summed E-state index contributed by atoms with van der Waals surface area (Å²) in [7, 11) is 0. The normalized spacial score (nSPS) is 25.2. The maximum Gasteiger partial charge on any atom is 0.314 e. The minimum Gasteiger partial charge on any atom is -0.353 e. The number of hydrogen-bond acceptors (Lipinski definition) is 2. The van der Waals surface area contributed by atoms with Crippen molar-refractivity contribution in [2.24, 2.45) is 11.7 Å². The van der Waals surface area contributed by atoms with Crippen molar-refractivity contribution in [2.75, 3.05) is 13.1 Å². The second kappa shape index (κ2) is 7.69. The average molecular weight is 329 g/mol. The van der Waals surface area contributed by atoms with Gasteiger partial charge in [0.1, 0.15) is 0 Å². The zero-order valence-corrected chi connectivity index (χ0v) is 14.1. The van der Waals surface area contributed by atoms with Crippen LogP contribution in [0.3, 0.4) is 0 Å². The smallest absolute Gasteiger partial charge is 0.314 e. The van der Waals surface area contributed by atoms with Gasteiger partial charge in [-0.15, -0.1) is 0 Å². The molecule has 0 bridgehead atoms. The molecule has 1 aliphatic carbocycles.